The average molecular weight is 243 g/mol. The van der Waals surface area contributed by atoms with Gasteiger partial charge in [-0.2, -0.15) is 0 Å². The van der Waals surface area contributed by atoms with Crippen LogP contribution in [-0.2, 0) is 4.74 Å². The van der Waals surface area contributed by atoms with E-state index in [2.05, 4.69) is 0 Å². The summed E-state index contributed by atoms with van der Waals surface area (Å²) in [6.07, 6.45) is 3.13. The molecule has 1 amide bonds. The van der Waals surface area contributed by atoms with Gasteiger partial charge in [0.1, 0.15) is 5.60 Å². The van der Waals surface area contributed by atoms with Gasteiger partial charge in [0.15, 0.2) is 0 Å². The molecule has 1 rings (SSSR count). The quantitative estimate of drug-likeness (QED) is 0.811. The summed E-state index contributed by atoms with van der Waals surface area (Å²) in [4.78, 5) is 13.8. The van der Waals surface area contributed by atoms with Crippen molar-refractivity contribution >= 4 is 6.09 Å². The van der Waals surface area contributed by atoms with Crippen LogP contribution < -0.4 is 0 Å². The van der Waals surface area contributed by atoms with Crippen molar-refractivity contribution in [3.63, 3.8) is 0 Å². The van der Waals surface area contributed by atoms with Gasteiger partial charge in [-0.25, -0.2) is 4.79 Å². The van der Waals surface area contributed by atoms with Crippen LogP contribution in [0.3, 0.4) is 0 Å². The molecule has 1 N–H and O–H groups in total. The van der Waals surface area contributed by atoms with Crippen molar-refractivity contribution in [1.82, 2.24) is 4.90 Å². The summed E-state index contributed by atoms with van der Waals surface area (Å²) in [5.41, 5.74) is -0.454. The molecular weight excluding hydrogens is 218 g/mol. The van der Waals surface area contributed by atoms with E-state index in [1.54, 1.807) is 11.8 Å². The van der Waals surface area contributed by atoms with Gasteiger partial charge < -0.3 is 14.7 Å². The van der Waals surface area contributed by atoms with Gasteiger partial charge >= 0.3 is 6.09 Å². The van der Waals surface area contributed by atoms with Crippen LogP contribution in [0.5, 0.6) is 0 Å². The zero-order valence-corrected chi connectivity index (χ0v) is 11.4. The lowest BCUT2D eigenvalue weighted by atomic mass is 9.98. The number of likely N-dealkylation sites (tertiary alicyclic amines) is 1. The smallest absolute Gasteiger partial charge is 0.410 e. The van der Waals surface area contributed by atoms with Gasteiger partial charge in [-0.05, 0) is 53.4 Å². The minimum Gasteiger partial charge on any atom is -0.444 e. The fourth-order valence-electron chi connectivity index (χ4n) is 2.20. The van der Waals surface area contributed by atoms with Gasteiger partial charge in [-0.3, -0.25) is 0 Å². The molecule has 2 atom stereocenters. The van der Waals surface area contributed by atoms with Crippen molar-refractivity contribution in [2.75, 3.05) is 6.54 Å². The Morgan fingerprint density at radius 1 is 1.47 bits per heavy atom. The number of rotatable bonds is 2. The van der Waals surface area contributed by atoms with E-state index in [9.17, 15) is 9.90 Å². The maximum Gasteiger partial charge on any atom is 0.410 e. The van der Waals surface area contributed by atoms with E-state index in [1.807, 2.05) is 20.8 Å². The second-order valence-corrected chi connectivity index (χ2v) is 5.91. The summed E-state index contributed by atoms with van der Waals surface area (Å²) in [7, 11) is 0. The van der Waals surface area contributed by atoms with Crippen LogP contribution in [0.4, 0.5) is 4.79 Å². The van der Waals surface area contributed by atoms with Crippen molar-refractivity contribution in [1.29, 1.82) is 0 Å². The third kappa shape index (κ3) is 4.94. The van der Waals surface area contributed by atoms with E-state index in [0.29, 0.717) is 6.42 Å². The molecule has 100 valence electrons. The number of hydrogen-bond donors (Lipinski definition) is 1. The molecule has 1 saturated heterocycles. The maximum atomic E-state index is 12.0. The summed E-state index contributed by atoms with van der Waals surface area (Å²) in [6, 6.07) is 0.124. The van der Waals surface area contributed by atoms with Gasteiger partial charge in [0.25, 0.3) is 0 Å². The first kappa shape index (κ1) is 14.3. The Labute approximate surface area is 104 Å². The summed E-state index contributed by atoms with van der Waals surface area (Å²) in [5.74, 6) is 0. The first-order valence-corrected chi connectivity index (χ1v) is 6.47. The Morgan fingerprint density at radius 2 is 2.12 bits per heavy atom. The summed E-state index contributed by atoms with van der Waals surface area (Å²) >= 11 is 0. The first-order chi connectivity index (χ1) is 7.79. The molecule has 1 aliphatic rings. The Hall–Kier alpha value is -0.770. The van der Waals surface area contributed by atoms with Gasteiger partial charge in [0, 0.05) is 12.6 Å². The number of nitrogens with zero attached hydrogens (tertiary/aromatic N) is 1. The number of amides is 1. The van der Waals surface area contributed by atoms with Crippen LogP contribution in [0.15, 0.2) is 0 Å². The van der Waals surface area contributed by atoms with Crippen molar-refractivity contribution in [3.05, 3.63) is 0 Å². The topological polar surface area (TPSA) is 49.8 Å². The molecule has 0 aliphatic carbocycles. The molecule has 0 spiro atoms. The number of aliphatic hydroxyl groups excluding tert-OH is 1. The number of hydrogen-bond acceptors (Lipinski definition) is 3. The highest BCUT2D eigenvalue weighted by molar-refractivity contribution is 5.68. The fourth-order valence-corrected chi connectivity index (χ4v) is 2.20. The third-order valence-electron chi connectivity index (χ3n) is 2.87. The normalized spacial score (nSPS) is 23.4. The highest BCUT2D eigenvalue weighted by atomic mass is 16.6. The number of ether oxygens (including phenoxy) is 1. The van der Waals surface area contributed by atoms with Crippen molar-refractivity contribution in [2.45, 2.75) is 71.1 Å². The molecule has 0 aromatic heterocycles. The highest BCUT2D eigenvalue weighted by Crippen LogP contribution is 2.23. The Morgan fingerprint density at radius 3 is 2.65 bits per heavy atom. The SMILES string of the molecule is C[C@H](O)CC1CCCCN1C(=O)OC(C)(C)C. The lowest BCUT2D eigenvalue weighted by Gasteiger charge is -2.37. The summed E-state index contributed by atoms with van der Waals surface area (Å²) in [6.45, 7) is 8.13. The zero-order chi connectivity index (χ0) is 13.1. The van der Waals surface area contributed by atoms with E-state index >= 15 is 0 Å². The standard InChI is InChI=1S/C13H25NO3/c1-10(15)9-11-7-5-6-8-14(11)12(16)17-13(2,3)4/h10-11,15H,5-9H2,1-4H3/t10-,11?/m0/s1. The van der Waals surface area contributed by atoms with Crippen LogP contribution in [0, 0.1) is 0 Å². The van der Waals surface area contributed by atoms with E-state index in [0.717, 1.165) is 25.8 Å². The molecule has 0 radical (unpaired) electrons. The van der Waals surface area contributed by atoms with Crippen LogP contribution in [0.2, 0.25) is 0 Å². The Balaban J connectivity index is 2.61. The van der Waals surface area contributed by atoms with Gasteiger partial charge in [-0.15, -0.1) is 0 Å². The number of aliphatic hydroxyl groups is 1. The number of piperidine rings is 1. The zero-order valence-electron chi connectivity index (χ0n) is 11.4. The van der Waals surface area contributed by atoms with Crippen LogP contribution >= 0.6 is 0 Å². The molecule has 1 aliphatic heterocycles. The van der Waals surface area contributed by atoms with Gasteiger partial charge in [0.2, 0.25) is 0 Å². The minimum absolute atomic E-state index is 0.124. The fraction of sp³-hybridized carbons (Fsp3) is 0.923. The minimum atomic E-state index is -0.454. The predicted octanol–water partition coefficient (Wildman–Crippen LogP) is 2.55. The number of carbonyl (C=O) groups is 1. The molecule has 1 unspecified atom stereocenters. The maximum absolute atomic E-state index is 12.0. The van der Waals surface area contributed by atoms with Crippen LogP contribution in [-0.4, -0.2) is 40.4 Å². The number of carbonyl (C=O) groups excluding carboxylic acids is 1. The molecule has 4 heteroatoms. The van der Waals surface area contributed by atoms with E-state index in [1.165, 1.54) is 0 Å². The molecule has 0 aromatic carbocycles. The van der Waals surface area contributed by atoms with Crippen molar-refractivity contribution < 1.29 is 14.6 Å². The predicted molar refractivity (Wildman–Crippen MR) is 66.9 cm³/mol. The summed E-state index contributed by atoms with van der Waals surface area (Å²) in [5, 5.41) is 9.46. The largest absolute Gasteiger partial charge is 0.444 e. The van der Waals surface area contributed by atoms with Crippen molar-refractivity contribution in [3.8, 4) is 0 Å². The van der Waals surface area contributed by atoms with E-state index in [-0.39, 0.29) is 18.2 Å². The molecule has 1 fully saturated rings. The van der Waals surface area contributed by atoms with Gasteiger partial charge in [0.05, 0.1) is 6.10 Å². The Bertz CT molecular complexity index is 258. The van der Waals surface area contributed by atoms with E-state index < -0.39 is 5.60 Å². The third-order valence-corrected chi connectivity index (χ3v) is 2.87. The molecule has 4 nitrogen and oxygen atoms in total. The van der Waals surface area contributed by atoms with Crippen molar-refractivity contribution in [2.24, 2.45) is 0 Å². The molecule has 17 heavy (non-hydrogen) atoms. The average Bonchev–Trinajstić information content (AvgIpc) is 2.14. The first-order valence-electron chi connectivity index (χ1n) is 6.47. The molecule has 0 aromatic rings. The molecule has 0 saturated carbocycles. The van der Waals surface area contributed by atoms with Crippen LogP contribution in [0.1, 0.15) is 53.4 Å². The van der Waals surface area contributed by atoms with Gasteiger partial charge in [-0.1, -0.05) is 0 Å². The molecule has 0 bridgehead atoms. The lowest BCUT2D eigenvalue weighted by Crippen LogP contribution is -2.47. The van der Waals surface area contributed by atoms with E-state index in [4.69, 9.17) is 4.74 Å². The monoisotopic (exact) mass is 243 g/mol. The molecule has 1 heterocycles. The second-order valence-electron chi connectivity index (χ2n) is 5.91. The Kier molecular flexibility index (Phi) is 4.80. The highest BCUT2D eigenvalue weighted by Gasteiger charge is 2.30. The van der Waals surface area contributed by atoms with Crippen LogP contribution in [0.25, 0.3) is 0 Å². The lowest BCUT2D eigenvalue weighted by molar-refractivity contribution is 0.00360. The second kappa shape index (κ2) is 5.71. The summed E-state index contributed by atoms with van der Waals surface area (Å²) < 4.78 is 5.39. The molecular formula is C13H25NO3.